The molecule has 0 bridgehead atoms. The second-order valence-corrected chi connectivity index (χ2v) is 16.3. The van der Waals surface area contributed by atoms with Crippen LogP contribution in [0.1, 0.15) is 116 Å². The number of ether oxygens (including phenoxy) is 2. The molecule has 0 amide bonds. The van der Waals surface area contributed by atoms with Crippen LogP contribution >= 0.6 is 0 Å². The number of benzene rings is 1. The maximum Gasteiger partial charge on any atom is 0.269 e. The van der Waals surface area contributed by atoms with E-state index in [1.807, 2.05) is 25.1 Å². The summed E-state index contributed by atoms with van der Waals surface area (Å²) in [6.07, 6.45) is 25.3. The Balaban J connectivity index is 1.01. The van der Waals surface area contributed by atoms with Crippen molar-refractivity contribution < 1.29 is 9.47 Å². The quantitative estimate of drug-likeness (QED) is 0.145. The molecule has 0 radical (unpaired) electrons. The summed E-state index contributed by atoms with van der Waals surface area (Å²) in [6, 6.07) is 10.5. The van der Waals surface area contributed by atoms with E-state index in [9.17, 15) is 5.26 Å². The Kier molecular flexibility index (Phi) is 10.8. The van der Waals surface area contributed by atoms with E-state index < -0.39 is 0 Å². The molecule has 254 valence electrons. The molecule has 1 heterocycles. The minimum Gasteiger partial charge on any atom is -0.462 e. The van der Waals surface area contributed by atoms with Gasteiger partial charge in [-0.3, -0.25) is 0 Å². The molecule has 6 rings (SSSR count). The maximum absolute atomic E-state index is 9.24. The monoisotopic (exact) mass is 644 g/mol. The summed E-state index contributed by atoms with van der Waals surface area (Å²) in [5.74, 6) is 7.71. The van der Waals surface area contributed by atoms with Crippen LogP contribution in [0.2, 0.25) is 0 Å². The van der Waals surface area contributed by atoms with Gasteiger partial charge in [0.1, 0.15) is 11.5 Å². The Hall–Kier alpha value is -3.34. The molecule has 5 aliphatic rings. The Labute approximate surface area is 290 Å². The lowest BCUT2D eigenvalue weighted by Crippen LogP contribution is -2.47. The van der Waals surface area contributed by atoms with Crippen LogP contribution in [0, 0.1) is 64.7 Å². The van der Waals surface area contributed by atoms with Crippen molar-refractivity contribution in [2.24, 2.45) is 46.8 Å². The first-order valence-corrected chi connectivity index (χ1v) is 18.9. The van der Waals surface area contributed by atoms with E-state index in [-0.39, 0.29) is 5.70 Å². The first kappa shape index (κ1) is 34.5. The lowest BCUT2D eigenvalue weighted by atomic mass is 9.50. The second-order valence-electron chi connectivity index (χ2n) is 16.3. The van der Waals surface area contributed by atoms with Crippen molar-refractivity contribution >= 4 is 6.08 Å². The van der Waals surface area contributed by atoms with Gasteiger partial charge in [-0.25, -0.2) is 10.1 Å². The maximum atomic E-state index is 9.24. The van der Waals surface area contributed by atoms with Crippen LogP contribution in [0.5, 0.6) is 0 Å². The molecule has 0 aromatic heterocycles. The lowest BCUT2D eigenvalue weighted by molar-refractivity contribution is -0.0366. The van der Waals surface area contributed by atoms with Crippen LogP contribution < -0.4 is 0 Å². The van der Waals surface area contributed by atoms with Crippen LogP contribution in [0.15, 0.2) is 76.9 Å². The molecule has 8 atom stereocenters. The summed E-state index contributed by atoms with van der Waals surface area (Å²) in [6.45, 7) is 19.7. The largest absolute Gasteiger partial charge is 0.462 e. The molecule has 0 saturated heterocycles. The van der Waals surface area contributed by atoms with Crippen molar-refractivity contribution in [2.75, 3.05) is 0 Å². The number of allylic oxidation sites excluding steroid dienone is 7. The fourth-order valence-corrected chi connectivity index (χ4v) is 10.4. The Morgan fingerprint density at radius 2 is 1.83 bits per heavy atom. The summed E-state index contributed by atoms with van der Waals surface area (Å²) in [4.78, 5) is 3.33. The van der Waals surface area contributed by atoms with Crippen molar-refractivity contribution in [3.8, 4) is 6.07 Å². The molecule has 48 heavy (non-hydrogen) atoms. The summed E-state index contributed by atoms with van der Waals surface area (Å²) >= 11 is 0. The first-order valence-electron chi connectivity index (χ1n) is 18.9. The number of rotatable bonds is 10. The molecule has 2 unspecified atom stereocenters. The summed E-state index contributed by atoms with van der Waals surface area (Å²) in [5, 5.41) is 9.24. The Bertz CT molecular complexity index is 1540. The summed E-state index contributed by atoms with van der Waals surface area (Å²) in [5.41, 5.74) is 4.99. The first-order chi connectivity index (χ1) is 23.2. The lowest BCUT2D eigenvalue weighted by Gasteiger charge is -2.55. The van der Waals surface area contributed by atoms with E-state index in [0.717, 1.165) is 53.4 Å². The molecule has 4 heteroatoms. The highest BCUT2D eigenvalue weighted by atomic mass is 16.5. The van der Waals surface area contributed by atoms with Gasteiger partial charge in [0, 0.05) is 0 Å². The van der Waals surface area contributed by atoms with Gasteiger partial charge >= 0.3 is 0 Å². The molecular formula is C44H56N2O2. The van der Waals surface area contributed by atoms with E-state index in [0.29, 0.717) is 35.2 Å². The highest BCUT2D eigenvalue weighted by molar-refractivity contribution is 5.56. The van der Waals surface area contributed by atoms with Gasteiger partial charge in [0.05, 0.1) is 25.4 Å². The van der Waals surface area contributed by atoms with Gasteiger partial charge in [-0.15, -0.1) is 0 Å². The van der Waals surface area contributed by atoms with E-state index in [2.05, 4.69) is 62.9 Å². The van der Waals surface area contributed by atoms with Crippen molar-refractivity contribution in [3.05, 3.63) is 99.5 Å². The third-order valence-corrected chi connectivity index (χ3v) is 12.9. The van der Waals surface area contributed by atoms with Crippen LogP contribution in [0.25, 0.3) is 10.9 Å². The van der Waals surface area contributed by atoms with Gasteiger partial charge in [-0.2, -0.15) is 0 Å². The Morgan fingerprint density at radius 3 is 2.58 bits per heavy atom. The SMILES string of the molecule is [C-]#[N+]/C(C#N)=C1\C=C(C)OC(/C=C/c2ccc(COC3CC[C@@]4(C)C(=CC[C@H]5[C@@H]6CC[C@H]([C@H](C)CCCC(C)C)C6CC[C@@H]54)C3)cc2)=C1. The van der Waals surface area contributed by atoms with Crippen LogP contribution in [0.3, 0.4) is 0 Å². The van der Waals surface area contributed by atoms with Crippen molar-refractivity contribution in [3.63, 3.8) is 0 Å². The zero-order valence-electron chi connectivity index (χ0n) is 30.0. The third-order valence-electron chi connectivity index (χ3n) is 12.9. The van der Waals surface area contributed by atoms with E-state index in [1.54, 1.807) is 17.7 Å². The standard InChI is InChI=1S/C44H56N2O2/c1-29(2)8-7-9-30(3)38-18-19-40-39(38)20-21-42-41(40)17-15-35-26-36(22-23-44(35,42)5)47-28-33-12-10-32(11-13-33)14-16-37-25-34(24-31(4)48-37)43(27-45)46-6/h10-16,24-25,29-30,36,38-42H,7-9,17-23,26,28H2,1-5H3/b16-14+,43-34+/t30-,36?,38-,39?,40-,41+,42+,44+/m1/s1. The second kappa shape index (κ2) is 15.0. The summed E-state index contributed by atoms with van der Waals surface area (Å²) < 4.78 is 12.4. The molecule has 1 aliphatic heterocycles. The molecule has 1 aromatic rings. The molecule has 4 nitrogen and oxygen atoms in total. The predicted octanol–water partition coefficient (Wildman–Crippen LogP) is 11.8. The fraction of sp³-hybridized carbons (Fsp3) is 0.591. The average Bonchev–Trinajstić information content (AvgIpc) is 3.52. The molecule has 0 N–H and O–H groups in total. The van der Waals surface area contributed by atoms with Crippen LogP contribution in [-0.2, 0) is 16.1 Å². The minimum absolute atomic E-state index is 0.0709. The highest BCUT2D eigenvalue weighted by Gasteiger charge is 2.54. The van der Waals surface area contributed by atoms with E-state index >= 15 is 0 Å². The third kappa shape index (κ3) is 7.45. The van der Waals surface area contributed by atoms with Crippen LogP contribution in [-0.4, -0.2) is 6.10 Å². The normalized spacial score (nSPS) is 32.9. The van der Waals surface area contributed by atoms with Gasteiger partial charge in [-0.05, 0) is 140 Å². The molecular weight excluding hydrogens is 588 g/mol. The molecule has 3 fully saturated rings. The minimum atomic E-state index is 0.0709. The van der Waals surface area contributed by atoms with Gasteiger partial charge in [0.2, 0.25) is 0 Å². The molecule has 4 aliphatic carbocycles. The smallest absolute Gasteiger partial charge is 0.269 e. The number of fused-ring (bicyclic) bond motifs is 5. The van der Waals surface area contributed by atoms with E-state index in [4.69, 9.17) is 16.0 Å². The Morgan fingerprint density at radius 1 is 1.04 bits per heavy atom. The predicted molar refractivity (Wildman–Crippen MR) is 195 cm³/mol. The van der Waals surface area contributed by atoms with Gasteiger partial charge < -0.3 is 9.47 Å². The molecule has 0 spiro atoms. The molecule has 3 saturated carbocycles. The zero-order valence-corrected chi connectivity index (χ0v) is 30.0. The average molecular weight is 645 g/mol. The summed E-state index contributed by atoms with van der Waals surface area (Å²) in [7, 11) is 0. The number of nitrogens with zero attached hydrogens (tertiary/aromatic N) is 2. The van der Waals surface area contributed by atoms with Gasteiger partial charge in [-0.1, -0.05) is 88.9 Å². The van der Waals surface area contributed by atoms with Crippen LogP contribution in [0.4, 0.5) is 0 Å². The van der Waals surface area contributed by atoms with Gasteiger partial charge in [0.25, 0.3) is 5.70 Å². The van der Waals surface area contributed by atoms with Crippen molar-refractivity contribution in [1.82, 2.24) is 0 Å². The number of hydrogen-bond donors (Lipinski definition) is 0. The highest BCUT2D eigenvalue weighted by Crippen LogP contribution is 2.63. The zero-order chi connectivity index (χ0) is 33.8. The van der Waals surface area contributed by atoms with Crippen molar-refractivity contribution in [2.45, 2.75) is 118 Å². The van der Waals surface area contributed by atoms with Gasteiger partial charge in [0.15, 0.2) is 0 Å². The topological polar surface area (TPSA) is 46.6 Å². The number of hydrogen-bond acceptors (Lipinski definition) is 3. The molecule has 1 aromatic carbocycles. The number of nitriles is 1. The van der Waals surface area contributed by atoms with Crippen molar-refractivity contribution in [1.29, 1.82) is 5.26 Å². The van der Waals surface area contributed by atoms with E-state index in [1.165, 1.54) is 69.8 Å². The fourth-order valence-electron chi connectivity index (χ4n) is 10.4.